The van der Waals surface area contributed by atoms with Crippen molar-refractivity contribution in [3.63, 3.8) is 0 Å². The largest absolute Gasteiger partial charge is 0.355 e. The highest BCUT2D eigenvalue weighted by Crippen LogP contribution is 2.26. The second kappa shape index (κ2) is 5.83. The summed E-state index contributed by atoms with van der Waals surface area (Å²) in [5.74, 6) is 0.229. The molecule has 0 bridgehead atoms. The summed E-state index contributed by atoms with van der Waals surface area (Å²) in [6.45, 7) is 5.03. The topological polar surface area (TPSA) is 58.4 Å². The van der Waals surface area contributed by atoms with Crippen molar-refractivity contribution in [3.05, 3.63) is 0 Å². The molecule has 1 amide bonds. The summed E-state index contributed by atoms with van der Waals surface area (Å²) < 4.78 is 0. The number of rotatable bonds is 6. The van der Waals surface area contributed by atoms with Crippen molar-refractivity contribution in [3.8, 4) is 0 Å². The van der Waals surface area contributed by atoms with E-state index in [1.807, 2.05) is 0 Å². The molecule has 0 aromatic heterocycles. The predicted molar refractivity (Wildman–Crippen MR) is 68.6 cm³/mol. The van der Waals surface area contributed by atoms with Crippen molar-refractivity contribution in [2.45, 2.75) is 51.1 Å². The third-order valence-electron chi connectivity index (χ3n) is 4.07. The normalized spacial score (nSPS) is 28.6. The highest BCUT2D eigenvalue weighted by molar-refractivity contribution is 5.79. The van der Waals surface area contributed by atoms with Crippen LogP contribution < -0.4 is 11.1 Å². The van der Waals surface area contributed by atoms with Crippen molar-refractivity contribution in [2.75, 3.05) is 19.6 Å². The van der Waals surface area contributed by atoms with Gasteiger partial charge in [0.05, 0.1) is 5.92 Å². The maximum Gasteiger partial charge on any atom is 0.224 e. The molecular weight excluding hydrogens is 214 g/mol. The van der Waals surface area contributed by atoms with Gasteiger partial charge in [-0.1, -0.05) is 13.3 Å². The van der Waals surface area contributed by atoms with E-state index in [0.717, 1.165) is 44.9 Å². The average molecular weight is 239 g/mol. The van der Waals surface area contributed by atoms with E-state index in [9.17, 15) is 4.79 Å². The number of hydrogen-bond donors (Lipinski definition) is 2. The van der Waals surface area contributed by atoms with Crippen LogP contribution in [-0.2, 0) is 4.79 Å². The summed E-state index contributed by atoms with van der Waals surface area (Å²) in [5.41, 5.74) is 5.92. The van der Waals surface area contributed by atoms with E-state index in [2.05, 4.69) is 17.1 Å². The minimum Gasteiger partial charge on any atom is -0.355 e. The minimum atomic E-state index is 0.0611. The minimum absolute atomic E-state index is 0.0611. The predicted octanol–water partition coefficient (Wildman–Crippen LogP) is 0.714. The molecule has 2 saturated carbocycles. The molecule has 0 saturated heterocycles. The number of likely N-dealkylation sites (N-methyl/N-ethyl adjacent to an activating group) is 1. The van der Waals surface area contributed by atoms with Gasteiger partial charge in [0.2, 0.25) is 5.91 Å². The quantitative estimate of drug-likeness (QED) is 0.718. The van der Waals surface area contributed by atoms with Crippen LogP contribution in [-0.4, -0.2) is 42.5 Å². The van der Waals surface area contributed by atoms with Gasteiger partial charge in [-0.25, -0.2) is 0 Å². The van der Waals surface area contributed by atoms with Crippen LogP contribution in [0, 0.1) is 5.92 Å². The average Bonchev–Trinajstić information content (AvgIpc) is 3.06. The Hall–Kier alpha value is -0.610. The molecule has 98 valence electrons. The van der Waals surface area contributed by atoms with Gasteiger partial charge in [-0.05, 0) is 32.2 Å². The zero-order valence-electron chi connectivity index (χ0n) is 10.8. The Labute approximate surface area is 104 Å². The van der Waals surface area contributed by atoms with Gasteiger partial charge in [-0.3, -0.25) is 9.69 Å². The van der Waals surface area contributed by atoms with E-state index in [1.54, 1.807) is 0 Å². The van der Waals surface area contributed by atoms with Crippen molar-refractivity contribution in [1.29, 1.82) is 0 Å². The lowest BCUT2D eigenvalue weighted by molar-refractivity contribution is -0.125. The molecule has 2 unspecified atom stereocenters. The SMILES string of the molecule is CCN(CCNC(=O)C1CCCC1N)C1CC1. The van der Waals surface area contributed by atoms with E-state index in [1.165, 1.54) is 12.8 Å². The Morgan fingerprint density at radius 3 is 2.65 bits per heavy atom. The lowest BCUT2D eigenvalue weighted by atomic mass is 10.0. The zero-order chi connectivity index (χ0) is 12.3. The first-order valence-electron chi connectivity index (χ1n) is 6.99. The summed E-state index contributed by atoms with van der Waals surface area (Å²) in [6.07, 6.45) is 5.72. The molecule has 0 radical (unpaired) electrons. The molecule has 3 N–H and O–H groups in total. The van der Waals surface area contributed by atoms with Gasteiger partial charge in [0.25, 0.3) is 0 Å². The molecule has 0 aliphatic heterocycles. The summed E-state index contributed by atoms with van der Waals surface area (Å²) in [7, 11) is 0. The first kappa shape index (κ1) is 12.8. The Morgan fingerprint density at radius 2 is 2.12 bits per heavy atom. The van der Waals surface area contributed by atoms with Crippen molar-refractivity contribution >= 4 is 5.91 Å². The highest BCUT2D eigenvalue weighted by atomic mass is 16.1. The number of amides is 1. The van der Waals surface area contributed by atoms with Crippen LogP contribution in [0.2, 0.25) is 0 Å². The number of carbonyl (C=O) groups excluding carboxylic acids is 1. The molecule has 4 heteroatoms. The standard InChI is InChI=1S/C13H25N3O/c1-2-16(10-6-7-10)9-8-15-13(17)11-4-3-5-12(11)14/h10-12H,2-9,14H2,1H3,(H,15,17). The second-order valence-corrected chi connectivity index (χ2v) is 5.35. The van der Waals surface area contributed by atoms with Gasteiger partial charge < -0.3 is 11.1 Å². The molecule has 0 spiro atoms. The summed E-state index contributed by atoms with van der Waals surface area (Å²) in [4.78, 5) is 14.4. The maximum absolute atomic E-state index is 11.9. The number of nitrogens with zero attached hydrogens (tertiary/aromatic N) is 1. The van der Waals surface area contributed by atoms with Crippen molar-refractivity contribution in [1.82, 2.24) is 10.2 Å². The zero-order valence-corrected chi connectivity index (χ0v) is 10.8. The second-order valence-electron chi connectivity index (χ2n) is 5.35. The van der Waals surface area contributed by atoms with Crippen LogP contribution in [0.1, 0.15) is 39.0 Å². The van der Waals surface area contributed by atoms with Crippen LogP contribution in [0.5, 0.6) is 0 Å². The molecule has 2 fully saturated rings. The molecule has 2 rings (SSSR count). The fraction of sp³-hybridized carbons (Fsp3) is 0.923. The lowest BCUT2D eigenvalue weighted by Crippen LogP contribution is -2.42. The van der Waals surface area contributed by atoms with Gasteiger partial charge in [0, 0.05) is 25.2 Å². The van der Waals surface area contributed by atoms with Gasteiger partial charge >= 0.3 is 0 Å². The monoisotopic (exact) mass is 239 g/mol. The number of carbonyl (C=O) groups is 1. The first-order chi connectivity index (χ1) is 8.22. The van der Waals surface area contributed by atoms with Crippen molar-refractivity contribution < 1.29 is 4.79 Å². The Bertz CT molecular complexity index is 265. The van der Waals surface area contributed by atoms with E-state index >= 15 is 0 Å². The van der Waals surface area contributed by atoms with Gasteiger partial charge in [-0.2, -0.15) is 0 Å². The maximum atomic E-state index is 11.9. The van der Waals surface area contributed by atoms with Crippen LogP contribution in [0.25, 0.3) is 0 Å². The molecule has 2 atom stereocenters. The number of nitrogens with one attached hydrogen (secondary N) is 1. The molecule has 0 heterocycles. The summed E-state index contributed by atoms with van der Waals surface area (Å²) >= 11 is 0. The van der Waals surface area contributed by atoms with Crippen molar-refractivity contribution in [2.24, 2.45) is 11.7 Å². The molecule has 17 heavy (non-hydrogen) atoms. The lowest BCUT2D eigenvalue weighted by Gasteiger charge is -2.21. The third kappa shape index (κ3) is 3.42. The number of hydrogen-bond acceptors (Lipinski definition) is 3. The smallest absolute Gasteiger partial charge is 0.224 e. The van der Waals surface area contributed by atoms with Gasteiger partial charge in [-0.15, -0.1) is 0 Å². The molecule has 2 aliphatic rings. The molecular formula is C13H25N3O. The summed E-state index contributed by atoms with van der Waals surface area (Å²) in [5, 5.41) is 3.04. The van der Waals surface area contributed by atoms with Gasteiger partial charge in [0.1, 0.15) is 0 Å². The number of nitrogens with two attached hydrogens (primary N) is 1. The van der Waals surface area contributed by atoms with E-state index in [0.29, 0.717) is 0 Å². The van der Waals surface area contributed by atoms with Crippen LogP contribution >= 0.6 is 0 Å². The molecule has 4 nitrogen and oxygen atoms in total. The van der Waals surface area contributed by atoms with Crippen LogP contribution in [0.4, 0.5) is 0 Å². The third-order valence-corrected chi connectivity index (χ3v) is 4.07. The Morgan fingerprint density at radius 1 is 1.35 bits per heavy atom. The van der Waals surface area contributed by atoms with E-state index < -0.39 is 0 Å². The fourth-order valence-corrected chi connectivity index (χ4v) is 2.81. The Kier molecular flexibility index (Phi) is 4.40. The highest BCUT2D eigenvalue weighted by Gasteiger charge is 2.30. The van der Waals surface area contributed by atoms with E-state index in [4.69, 9.17) is 5.73 Å². The molecule has 0 aromatic rings. The Balaban J connectivity index is 1.65. The van der Waals surface area contributed by atoms with Crippen LogP contribution in [0.3, 0.4) is 0 Å². The first-order valence-corrected chi connectivity index (χ1v) is 6.99. The molecule has 0 aromatic carbocycles. The van der Waals surface area contributed by atoms with E-state index in [-0.39, 0.29) is 17.9 Å². The summed E-state index contributed by atoms with van der Waals surface area (Å²) in [6, 6.07) is 0.867. The van der Waals surface area contributed by atoms with Gasteiger partial charge in [0.15, 0.2) is 0 Å². The molecule has 2 aliphatic carbocycles. The fourth-order valence-electron chi connectivity index (χ4n) is 2.81. The van der Waals surface area contributed by atoms with Crippen LogP contribution in [0.15, 0.2) is 0 Å².